The van der Waals surface area contributed by atoms with Gasteiger partial charge in [-0.2, -0.15) is 0 Å². The van der Waals surface area contributed by atoms with Crippen LogP contribution in [0.25, 0.3) is 0 Å². The van der Waals surface area contributed by atoms with Crippen LogP contribution in [0.2, 0.25) is 0 Å². The summed E-state index contributed by atoms with van der Waals surface area (Å²) in [5, 5.41) is 0. The number of aryl methyl sites for hydroxylation is 1. The molecule has 0 aliphatic carbocycles. The average molecular weight is 319 g/mol. The van der Waals surface area contributed by atoms with Crippen LogP contribution in [-0.2, 0) is 0 Å². The van der Waals surface area contributed by atoms with Crippen molar-refractivity contribution in [1.29, 1.82) is 0 Å². The van der Waals surface area contributed by atoms with Crippen molar-refractivity contribution in [2.24, 2.45) is 0 Å². The van der Waals surface area contributed by atoms with Gasteiger partial charge in [0.1, 0.15) is 5.75 Å². The van der Waals surface area contributed by atoms with Gasteiger partial charge in [-0.3, -0.25) is 4.79 Å². The van der Waals surface area contributed by atoms with Gasteiger partial charge in [-0.1, -0.05) is 40.2 Å². The van der Waals surface area contributed by atoms with Crippen LogP contribution in [0.1, 0.15) is 22.8 Å². The lowest BCUT2D eigenvalue weighted by Gasteiger charge is -2.14. The summed E-state index contributed by atoms with van der Waals surface area (Å²) in [6.45, 7) is 3.76. The van der Waals surface area contributed by atoms with E-state index < -0.39 is 6.10 Å². The molecule has 0 aliphatic heterocycles. The van der Waals surface area contributed by atoms with Crippen molar-refractivity contribution in [2.75, 3.05) is 0 Å². The zero-order valence-corrected chi connectivity index (χ0v) is 12.5. The number of carbonyl (C=O) groups is 1. The summed E-state index contributed by atoms with van der Waals surface area (Å²) >= 11 is 3.35. The third kappa shape index (κ3) is 3.67. The molecule has 19 heavy (non-hydrogen) atoms. The second kappa shape index (κ2) is 6.02. The van der Waals surface area contributed by atoms with Crippen molar-refractivity contribution < 1.29 is 9.53 Å². The Balaban J connectivity index is 2.09. The van der Waals surface area contributed by atoms with Gasteiger partial charge in [-0.05, 0) is 43.7 Å². The van der Waals surface area contributed by atoms with E-state index in [1.807, 2.05) is 43.3 Å². The number of hydrogen-bond donors (Lipinski definition) is 0. The Kier molecular flexibility index (Phi) is 4.38. The van der Waals surface area contributed by atoms with Gasteiger partial charge in [0, 0.05) is 10.0 Å². The third-order valence-electron chi connectivity index (χ3n) is 2.80. The summed E-state index contributed by atoms with van der Waals surface area (Å²) in [6, 6.07) is 15.0. The highest BCUT2D eigenvalue weighted by molar-refractivity contribution is 9.10. The van der Waals surface area contributed by atoms with Gasteiger partial charge >= 0.3 is 0 Å². The molecule has 2 aromatic carbocycles. The summed E-state index contributed by atoms with van der Waals surface area (Å²) < 4.78 is 6.64. The fourth-order valence-electron chi connectivity index (χ4n) is 1.80. The predicted molar refractivity (Wildman–Crippen MR) is 79.7 cm³/mol. The van der Waals surface area contributed by atoms with E-state index in [9.17, 15) is 4.79 Å². The summed E-state index contributed by atoms with van der Waals surface area (Å²) in [7, 11) is 0. The Hall–Kier alpha value is -1.61. The Morgan fingerprint density at radius 3 is 2.47 bits per heavy atom. The highest BCUT2D eigenvalue weighted by atomic mass is 79.9. The van der Waals surface area contributed by atoms with Gasteiger partial charge < -0.3 is 4.74 Å². The average Bonchev–Trinajstić information content (AvgIpc) is 2.39. The molecule has 0 aliphatic rings. The lowest BCUT2D eigenvalue weighted by molar-refractivity contribution is 0.0818. The molecule has 0 saturated carbocycles. The zero-order chi connectivity index (χ0) is 13.8. The Bertz CT molecular complexity index is 576. The SMILES string of the molecule is Cc1cccc(OC(C)C(=O)c2ccc(Br)cc2)c1. The van der Waals surface area contributed by atoms with Crippen LogP contribution in [0.4, 0.5) is 0 Å². The number of hydrogen-bond acceptors (Lipinski definition) is 2. The monoisotopic (exact) mass is 318 g/mol. The van der Waals surface area contributed by atoms with Crippen molar-refractivity contribution in [2.45, 2.75) is 20.0 Å². The molecule has 0 spiro atoms. The minimum atomic E-state index is -0.497. The molecule has 0 bridgehead atoms. The minimum absolute atomic E-state index is 0.0194. The molecular weight excluding hydrogens is 304 g/mol. The number of rotatable bonds is 4. The van der Waals surface area contributed by atoms with Gasteiger partial charge in [0.05, 0.1) is 0 Å². The maximum absolute atomic E-state index is 12.2. The topological polar surface area (TPSA) is 26.3 Å². The van der Waals surface area contributed by atoms with Crippen molar-refractivity contribution in [3.05, 3.63) is 64.1 Å². The quantitative estimate of drug-likeness (QED) is 0.781. The van der Waals surface area contributed by atoms with Gasteiger partial charge in [-0.15, -0.1) is 0 Å². The Labute approximate surface area is 121 Å². The molecule has 2 rings (SSSR count). The van der Waals surface area contributed by atoms with Gasteiger partial charge in [0.25, 0.3) is 0 Å². The maximum Gasteiger partial charge on any atom is 0.202 e. The first-order valence-electron chi connectivity index (χ1n) is 6.09. The van der Waals surface area contributed by atoms with Crippen molar-refractivity contribution in [3.63, 3.8) is 0 Å². The molecule has 0 fully saturated rings. The molecule has 0 radical (unpaired) electrons. The Morgan fingerprint density at radius 2 is 1.84 bits per heavy atom. The van der Waals surface area contributed by atoms with Crippen LogP contribution >= 0.6 is 15.9 Å². The second-order valence-electron chi connectivity index (χ2n) is 4.45. The summed E-state index contributed by atoms with van der Waals surface area (Å²) in [6.07, 6.45) is -0.497. The number of Topliss-reactive ketones (excluding diaryl/α,β-unsaturated/α-hetero) is 1. The molecule has 2 aromatic rings. The van der Waals surface area contributed by atoms with Crippen LogP contribution < -0.4 is 4.74 Å². The smallest absolute Gasteiger partial charge is 0.202 e. The minimum Gasteiger partial charge on any atom is -0.483 e. The fraction of sp³-hybridized carbons (Fsp3) is 0.188. The van der Waals surface area contributed by atoms with Gasteiger partial charge in [0.2, 0.25) is 5.78 Å². The number of carbonyl (C=O) groups excluding carboxylic acids is 1. The largest absolute Gasteiger partial charge is 0.483 e. The van der Waals surface area contributed by atoms with Crippen LogP contribution in [0.5, 0.6) is 5.75 Å². The van der Waals surface area contributed by atoms with Gasteiger partial charge in [-0.25, -0.2) is 0 Å². The molecule has 1 unspecified atom stereocenters. The molecular formula is C16H15BrO2. The van der Waals surface area contributed by atoms with Crippen molar-refractivity contribution in [1.82, 2.24) is 0 Å². The highest BCUT2D eigenvalue weighted by Gasteiger charge is 2.16. The molecule has 98 valence electrons. The standard InChI is InChI=1S/C16H15BrO2/c1-11-4-3-5-15(10-11)19-12(2)16(18)13-6-8-14(17)9-7-13/h3-10,12H,1-2H3. The second-order valence-corrected chi connectivity index (χ2v) is 5.36. The summed E-state index contributed by atoms with van der Waals surface area (Å²) in [4.78, 5) is 12.2. The molecule has 0 aromatic heterocycles. The lowest BCUT2D eigenvalue weighted by atomic mass is 10.1. The van der Waals surface area contributed by atoms with E-state index in [0.29, 0.717) is 5.56 Å². The van der Waals surface area contributed by atoms with Crippen LogP contribution in [0.3, 0.4) is 0 Å². The van der Waals surface area contributed by atoms with Gasteiger partial charge in [0.15, 0.2) is 6.10 Å². The van der Waals surface area contributed by atoms with E-state index >= 15 is 0 Å². The number of ether oxygens (including phenoxy) is 1. The molecule has 0 saturated heterocycles. The lowest BCUT2D eigenvalue weighted by Crippen LogP contribution is -2.23. The fourth-order valence-corrected chi connectivity index (χ4v) is 2.06. The van der Waals surface area contributed by atoms with E-state index in [1.54, 1.807) is 19.1 Å². The van der Waals surface area contributed by atoms with E-state index in [4.69, 9.17) is 4.74 Å². The highest BCUT2D eigenvalue weighted by Crippen LogP contribution is 2.17. The normalized spacial score (nSPS) is 11.9. The molecule has 1 atom stereocenters. The Morgan fingerprint density at radius 1 is 1.16 bits per heavy atom. The van der Waals surface area contributed by atoms with Crippen LogP contribution in [0, 0.1) is 6.92 Å². The molecule has 0 N–H and O–H groups in total. The first-order chi connectivity index (χ1) is 9.06. The molecule has 0 amide bonds. The first kappa shape index (κ1) is 13.8. The number of benzene rings is 2. The summed E-state index contributed by atoms with van der Waals surface area (Å²) in [5.74, 6) is 0.701. The zero-order valence-electron chi connectivity index (χ0n) is 10.9. The number of ketones is 1. The maximum atomic E-state index is 12.2. The van der Waals surface area contributed by atoms with E-state index in [1.165, 1.54) is 0 Å². The third-order valence-corrected chi connectivity index (χ3v) is 3.33. The van der Waals surface area contributed by atoms with E-state index in [0.717, 1.165) is 15.8 Å². The molecule has 0 heterocycles. The van der Waals surface area contributed by atoms with Crippen LogP contribution in [-0.4, -0.2) is 11.9 Å². The molecule has 2 nitrogen and oxygen atoms in total. The van der Waals surface area contributed by atoms with Crippen molar-refractivity contribution in [3.8, 4) is 5.75 Å². The van der Waals surface area contributed by atoms with Crippen molar-refractivity contribution >= 4 is 21.7 Å². The predicted octanol–water partition coefficient (Wildman–Crippen LogP) is 4.41. The van der Waals surface area contributed by atoms with Crippen LogP contribution in [0.15, 0.2) is 53.0 Å². The van der Waals surface area contributed by atoms with E-state index in [-0.39, 0.29) is 5.78 Å². The molecule has 3 heteroatoms. The first-order valence-corrected chi connectivity index (χ1v) is 6.88. The summed E-state index contributed by atoms with van der Waals surface area (Å²) in [5.41, 5.74) is 1.77. The number of halogens is 1. The van der Waals surface area contributed by atoms with E-state index in [2.05, 4.69) is 15.9 Å².